The Bertz CT molecular complexity index is 759. The van der Waals surface area contributed by atoms with Crippen molar-refractivity contribution in [1.82, 2.24) is 0 Å². The van der Waals surface area contributed by atoms with Gasteiger partial charge in [0.1, 0.15) is 0 Å². The Morgan fingerprint density at radius 2 is 1.70 bits per heavy atom. The summed E-state index contributed by atoms with van der Waals surface area (Å²) in [5.74, 6) is -5.92. The minimum Gasteiger partial charge on any atom is -0.481 e. The molecule has 4 rings (SSSR count). The van der Waals surface area contributed by atoms with Gasteiger partial charge in [0.15, 0.2) is 0 Å². The van der Waals surface area contributed by atoms with Crippen LogP contribution in [0.3, 0.4) is 0 Å². The second kappa shape index (κ2) is 5.34. The predicted molar refractivity (Wildman–Crippen MR) is 92.7 cm³/mol. The summed E-state index contributed by atoms with van der Waals surface area (Å²) in [5.41, 5.74) is -2.97. The first kappa shape index (κ1) is 18.5. The number of hydrogen-bond donors (Lipinski definition) is 4. The fourth-order valence-electron chi connectivity index (χ4n) is 7.80. The van der Waals surface area contributed by atoms with Gasteiger partial charge in [-0.25, -0.2) is 0 Å². The quantitative estimate of drug-likeness (QED) is 0.552. The van der Waals surface area contributed by atoms with Crippen molar-refractivity contribution >= 4 is 17.9 Å². The van der Waals surface area contributed by atoms with E-state index in [1.165, 1.54) is 6.92 Å². The number of aliphatic hydroxyl groups excluding tert-OH is 1. The third-order valence-electron chi connectivity index (χ3n) is 8.46. The van der Waals surface area contributed by atoms with Gasteiger partial charge in [0, 0.05) is 5.92 Å². The molecular formula is C20H26O7. The van der Waals surface area contributed by atoms with Crippen LogP contribution < -0.4 is 0 Å². The highest BCUT2D eigenvalue weighted by atomic mass is 16.4. The van der Waals surface area contributed by atoms with E-state index in [1.807, 2.05) is 0 Å². The molecule has 0 radical (unpaired) electrons. The van der Waals surface area contributed by atoms with Crippen LogP contribution in [0, 0.1) is 39.9 Å². The minimum absolute atomic E-state index is 0.0801. The van der Waals surface area contributed by atoms with Gasteiger partial charge in [0.05, 0.1) is 22.9 Å². The third-order valence-corrected chi connectivity index (χ3v) is 8.46. The highest BCUT2D eigenvalue weighted by Crippen LogP contribution is 2.77. The number of hydrogen-bond acceptors (Lipinski definition) is 4. The summed E-state index contributed by atoms with van der Waals surface area (Å²) in [6, 6.07) is 0. The van der Waals surface area contributed by atoms with Crippen LogP contribution >= 0.6 is 0 Å². The molecule has 2 bridgehead atoms. The van der Waals surface area contributed by atoms with Crippen LogP contribution in [0.5, 0.6) is 0 Å². The maximum Gasteiger partial charge on any atom is 0.310 e. The number of fused-ring (bicyclic) bond motifs is 3. The molecule has 4 saturated carbocycles. The van der Waals surface area contributed by atoms with Crippen LogP contribution in [-0.2, 0) is 14.4 Å². The average molecular weight is 378 g/mol. The van der Waals surface area contributed by atoms with Crippen molar-refractivity contribution in [3.05, 3.63) is 12.2 Å². The zero-order valence-corrected chi connectivity index (χ0v) is 15.4. The topological polar surface area (TPSA) is 132 Å². The lowest BCUT2D eigenvalue weighted by atomic mass is 9.51. The molecule has 4 fully saturated rings. The summed E-state index contributed by atoms with van der Waals surface area (Å²) >= 11 is 0. The SMILES string of the molecule is C=C1C[C@]23CC1CC[C@H]2[C@]1(C(=O)O)C[C@H](O)C[C@@](C)(C(=O)O)[C@H]1[C@@H]3C(=O)O. The van der Waals surface area contributed by atoms with Crippen molar-refractivity contribution < 1.29 is 34.8 Å². The summed E-state index contributed by atoms with van der Waals surface area (Å²) in [6.07, 6.45) is 1.01. The van der Waals surface area contributed by atoms with Gasteiger partial charge in [0.2, 0.25) is 0 Å². The Morgan fingerprint density at radius 3 is 2.26 bits per heavy atom. The Morgan fingerprint density at radius 1 is 1.04 bits per heavy atom. The maximum absolute atomic E-state index is 12.7. The zero-order chi connectivity index (χ0) is 19.9. The second-order valence-corrected chi connectivity index (χ2v) is 9.52. The van der Waals surface area contributed by atoms with Crippen molar-refractivity contribution in [3.63, 3.8) is 0 Å². The van der Waals surface area contributed by atoms with E-state index in [9.17, 15) is 34.8 Å². The molecule has 4 aliphatic rings. The lowest BCUT2D eigenvalue weighted by Crippen LogP contribution is -2.58. The number of carboxylic acids is 3. The zero-order valence-electron chi connectivity index (χ0n) is 15.4. The van der Waals surface area contributed by atoms with Gasteiger partial charge in [-0.3, -0.25) is 14.4 Å². The molecule has 0 aromatic rings. The molecule has 0 aromatic carbocycles. The summed E-state index contributed by atoms with van der Waals surface area (Å²) in [4.78, 5) is 37.4. The van der Waals surface area contributed by atoms with Crippen LogP contribution in [0.25, 0.3) is 0 Å². The number of carboxylic acid groups (broad SMARTS) is 3. The van der Waals surface area contributed by atoms with Gasteiger partial charge in [-0.2, -0.15) is 0 Å². The molecule has 0 amide bonds. The molecule has 4 aliphatic carbocycles. The van der Waals surface area contributed by atoms with Gasteiger partial charge >= 0.3 is 17.9 Å². The number of rotatable bonds is 3. The molecule has 7 heteroatoms. The fourth-order valence-corrected chi connectivity index (χ4v) is 7.80. The number of carbonyl (C=O) groups is 3. The Balaban J connectivity index is 2.02. The number of aliphatic hydroxyl groups is 1. The van der Waals surface area contributed by atoms with E-state index in [0.29, 0.717) is 19.3 Å². The standard InChI is InChI=1S/C20H26O7/c1-9-5-19-6-10(9)3-4-12(19)20(17(26)27)8-11(21)7-18(2,16(24)25)14(20)13(19)15(22)23/h10-14,21H,1,3-8H2,2H3,(H,22,23)(H,24,25)(H,26,27)/t10?,11-,12-,13-,14-,18-,19+,20-/m1/s1. The van der Waals surface area contributed by atoms with E-state index in [4.69, 9.17) is 0 Å². The normalized spacial score (nSPS) is 50.7. The van der Waals surface area contributed by atoms with E-state index in [2.05, 4.69) is 6.58 Å². The van der Waals surface area contributed by atoms with Crippen LogP contribution in [0.15, 0.2) is 12.2 Å². The van der Waals surface area contributed by atoms with Crippen molar-refractivity contribution in [1.29, 1.82) is 0 Å². The summed E-state index contributed by atoms with van der Waals surface area (Å²) in [5, 5.41) is 41.0. The summed E-state index contributed by atoms with van der Waals surface area (Å²) in [7, 11) is 0. The van der Waals surface area contributed by atoms with Crippen molar-refractivity contribution in [3.8, 4) is 0 Å². The lowest BCUT2D eigenvalue weighted by molar-refractivity contribution is -0.186. The van der Waals surface area contributed by atoms with Crippen LogP contribution in [-0.4, -0.2) is 44.4 Å². The third kappa shape index (κ3) is 1.98. The van der Waals surface area contributed by atoms with Crippen LogP contribution in [0.4, 0.5) is 0 Å². The number of allylic oxidation sites excluding steroid dienone is 1. The van der Waals surface area contributed by atoms with E-state index in [1.54, 1.807) is 0 Å². The molecule has 8 atom stereocenters. The van der Waals surface area contributed by atoms with Crippen molar-refractivity contribution in [2.24, 2.45) is 39.9 Å². The first-order chi connectivity index (χ1) is 12.5. The Labute approximate surface area is 157 Å². The predicted octanol–water partition coefficient (Wildman–Crippen LogP) is 2.00. The molecule has 148 valence electrons. The first-order valence-electron chi connectivity index (χ1n) is 9.56. The molecule has 0 aliphatic heterocycles. The monoisotopic (exact) mass is 378 g/mol. The van der Waals surface area contributed by atoms with E-state index >= 15 is 0 Å². The first-order valence-corrected chi connectivity index (χ1v) is 9.56. The molecule has 0 heterocycles. The van der Waals surface area contributed by atoms with E-state index < -0.39 is 58.0 Å². The molecule has 0 aromatic heterocycles. The smallest absolute Gasteiger partial charge is 0.310 e. The van der Waals surface area contributed by atoms with E-state index in [0.717, 1.165) is 12.0 Å². The summed E-state index contributed by atoms with van der Waals surface area (Å²) in [6.45, 7) is 5.53. The molecular weight excluding hydrogens is 352 g/mol. The van der Waals surface area contributed by atoms with Gasteiger partial charge in [-0.05, 0) is 62.7 Å². The van der Waals surface area contributed by atoms with Gasteiger partial charge in [-0.1, -0.05) is 12.2 Å². The second-order valence-electron chi connectivity index (χ2n) is 9.52. The minimum atomic E-state index is -1.61. The van der Waals surface area contributed by atoms with Gasteiger partial charge in [-0.15, -0.1) is 0 Å². The van der Waals surface area contributed by atoms with Gasteiger partial charge < -0.3 is 20.4 Å². The van der Waals surface area contributed by atoms with Crippen LogP contribution in [0.2, 0.25) is 0 Å². The van der Waals surface area contributed by atoms with Crippen molar-refractivity contribution in [2.45, 2.75) is 51.6 Å². The molecule has 1 spiro atoms. The Kier molecular flexibility index (Phi) is 3.65. The summed E-state index contributed by atoms with van der Waals surface area (Å²) < 4.78 is 0. The molecule has 0 saturated heterocycles. The maximum atomic E-state index is 12.7. The Hall–Kier alpha value is -1.89. The van der Waals surface area contributed by atoms with Crippen LogP contribution in [0.1, 0.15) is 45.4 Å². The average Bonchev–Trinajstić information content (AvgIpc) is 2.96. The van der Waals surface area contributed by atoms with E-state index in [-0.39, 0.29) is 18.8 Å². The number of aliphatic carboxylic acids is 3. The molecule has 1 unspecified atom stereocenters. The fraction of sp³-hybridized carbons (Fsp3) is 0.750. The highest BCUT2D eigenvalue weighted by molar-refractivity contribution is 5.86. The lowest BCUT2D eigenvalue weighted by Gasteiger charge is -2.50. The molecule has 27 heavy (non-hydrogen) atoms. The molecule has 4 N–H and O–H groups in total. The van der Waals surface area contributed by atoms with Gasteiger partial charge in [0.25, 0.3) is 0 Å². The highest BCUT2D eigenvalue weighted by Gasteiger charge is 2.79. The molecule has 7 nitrogen and oxygen atoms in total. The van der Waals surface area contributed by atoms with Crippen molar-refractivity contribution in [2.75, 3.05) is 0 Å². The largest absolute Gasteiger partial charge is 0.481 e.